The minimum Gasteiger partial charge on any atom is -0.378 e. The van der Waals surface area contributed by atoms with E-state index < -0.39 is 0 Å². The molecular formula is C28H30N2. The molecule has 0 bridgehead atoms. The summed E-state index contributed by atoms with van der Waals surface area (Å²) in [6.07, 6.45) is 2.32. The predicted octanol–water partition coefficient (Wildman–Crippen LogP) is 6.85. The first kappa shape index (κ1) is 20.2. The highest BCUT2D eigenvalue weighted by atomic mass is 15.1. The van der Waals surface area contributed by atoms with Crippen LogP contribution in [0.2, 0.25) is 0 Å². The van der Waals surface area contributed by atoms with Gasteiger partial charge in [-0.1, -0.05) is 81.4 Å². The van der Waals surface area contributed by atoms with Crippen LogP contribution in [-0.2, 0) is 0 Å². The fourth-order valence-corrected chi connectivity index (χ4v) is 4.23. The van der Waals surface area contributed by atoms with E-state index >= 15 is 0 Å². The zero-order chi connectivity index (χ0) is 21.5. The first-order valence-electron chi connectivity index (χ1n) is 10.5. The van der Waals surface area contributed by atoms with Crippen LogP contribution in [0, 0.1) is 10.8 Å². The summed E-state index contributed by atoms with van der Waals surface area (Å²) < 4.78 is 0. The molecule has 1 N–H and O–H groups in total. The second kappa shape index (κ2) is 7.60. The van der Waals surface area contributed by atoms with Gasteiger partial charge in [0.1, 0.15) is 0 Å². The summed E-state index contributed by atoms with van der Waals surface area (Å²) in [4.78, 5) is 2.11. The number of fused-ring (bicyclic) bond motifs is 1. The highest BCUT2D eigenvalue weighted by Gasteiger charge is 2.32. The maximum Gasteiger partial charge on any atom is 0.0443 e. The van der Waals surface area contributed by atoms with Gasteiger partial charge in [-0.25, -0.2) is 0 Å². The van der Waals surface area contributed by atoms with E-state index in [4.69, 9.17) is 5.41 Å². The fourth-order valence-electron chi connectivity index (χ4n) is 4.23. The van der Waals surface area contributed by atoms with Crippen molar-refractivity contribution < 1.29 is 0 Å². The van der Waals surface area contributed by atoms with E-state index in [1.807, 2.05) is 0 Å². The van der Waals surface area contributed by atoms with Gasteiger partial charge in [0.2, 0.25) is 0 Å². The van der Waals surface area contributed by atoms with Crippen LogP contribution < -0.4 is 4.90 Å². The van der Waals surface area contributed by atoms with Gasteiger partial charge < -0.3 is 10.3 Å². The average molecular weight is 395 g/mol. The SMILES string of the molecule is CN(C)c1ccc(C2C(c3ccccc3)=Cc3ccccc32)c(C(=N)C(C)(C)C)c1. The van der Waals surface area contributed by atoms with E-state index in [1.54, 1.807) is 0 Å². The molecule has 4 rings (SSSR count). The van der Waals surface area contributed by atoms with Crippen molar-refractivity contribution in [3.63, 3.8) is 0 Å². The lowest BCUT2D eigenvalue weighted by atomic mass is 9.77. The molecule has 3 aromatic carbocycles. The van der Waals surface area contributed by atoms with Crippen molar-refractivity contribution >= 4 is 23.0 Å². The molecule has 1 aliphatic rings. The minimum atomic E-state index is -0.228. The Morgan fingerprint density at radius 1 is 0.833 bits per heavy atom. The van der Waals surface area contributed by atoms with Gasteiger partial charge in [-0.05, 0) is 46.0 Å². The summed E-state index contributed by atoms with van der Waals surface area (Å²) in [6.45, 7) is 6.37. The Labute approximate surface area is 180 Å². The van der Waals surface area contributed by atoms with Crippen molar-refractivity contribution in [2.45, 2.75) is 26.7 Å². The Bertz CT molecular complexity index is 1110. The molecule has 152 valence electrons. The molecule has 1 aliphatic carbocycles. The molecule has 0 saturated heterocycles. The maximum absolute atomic E-state index is 9.04. The van der Waals surface area contributed by atoms with Gasteiger partial charge in [-0.15, -0.1) is 0 Å². The minimum absolute atomic E-state index is 0.123. The van der Waals surface area contributed by atoms with Gasteiger partial charge in [0.15, 0.2) is 0 Å². The van der Waals surface area contributed by atoms with Crippen LogP contribution in [0.3, 0.4) is 0 Å². The van der Waals surface area contributed by atoms with Crippen molar-refractivity contribution in [2.75, 3.05) is 19.0 Å². The second-order valence-electron chi connectivity index (χ2n) is 9.32. The predicted molar refractivity (Wildman–Crippen MR) is 130 cm³/mol. The van der Waals surface area contributed by atoms with Crippen LogP contribution in [-0.4, -0.2) is 19.8 Å². The zero-order valence-electron chi connectivity index (χ0n) is 18.5. The third-order valence-corrected chi connectivity index (χ3v) is 5.92. The number of hydrogen-bond donors (Lipinski definition) is 1. The molecule has 0 spiro atoms. The molecule has 0 heterocycles. The highest BCUT2D eigenvalue weighted by molar-refractivity contribution is 6.05. The van der Waals surface area contributed by atoms with Gasteiger partial charge >= 0.3 is 0 Å². The third kappa shape index (κ3) is 3.59. The number of hydrogen-bond acceptors (Lipinski definition) is 2. The molecular weight excluding hydrogens is 364 g/mol. The molecule has 0 fully saturated rings. The highest BCUT2D eigenvalue weighted by Crippen LogP contribution is 2.47. The first-order valence-corrected chi connectivity index (χ1v) is 10.5. The van der Waals surface area contributed by atoms with Crippen LogP contribution in [0.25, 0.3) is 11.6 Å². The number of allylic oxidation sites excluding steroid dienone is 1. The van der Waals surface area contributed by atoms with Crippen molar-refractivity contribution in [1.82, 2.24) is 0 Å². The molecule has 30 heavy (non-hydrogen) atoms. The normalized spacial score (nSPS) is 15.5. The Balaban J connectivity index is 1.95. The average Bonchev–Trinajstić information content (AvgIpc) is 3.12. The van der Waals surface area contributed by atoms with Gasteiger partial charge in [-0.2, -0.15) is 0 Å². The molecule has 0 aliphatic heterocycles. The van der Waals surface area contributed by atoms with Gasteiger partial charge in [0.25, 0.3) is 0 Å². The molecule has 3 aromatic rings. The lowest BCUT2D eigenvalue weighted by Crippen LogP contribution is -2.23. The van der Waals surface area contributed by atoms with Crippen molar-refractivity contribution in [3.05, 3.63) is 101 Å². The fraction of sp³-hybridized carbons (Fsp3) is 0.250. The van der Waals surface area contributed by atoms with Crippen molar-refractivity contribution in [2.24, 2.45) is 5.41 Å². The van der Waals surface area contributed by atoms with Gasteiger partial charge in [-0.3, -0.25) is 0 Å². The molecule has 0 saturated carbocycles. The molecule has 0 radical (unpaired) electrons. The van der Waals surface area contributed by atoms with E-state index in [0.29, 0.717) is 5.71 Å². The lowest BCUT2D eigenvalue weighted by molar-refractivity contribution is 0.588. The lowest BCUT2D eigenvalue weighted by Gasteiger charge is -2.28. The Morgan fingerprint density at radius 2 is 1.50 bits per heavy atom. The number of benzene rings is 3. The molecule has 1 unspecified atom stereocenters. The number of rotatable bonds is 4. The number of nitrogens with one attached hydrogen (secondary N) is 1. The largest absolute Gasteiger partial charge is 0.378 e. The van der Waals surface area contributed by atoms with Crippen LogP contribution in [0.5, 0.6) is 0 Å². The number of nitrogens with zero attached hydrogens (tertiary/aromatic N) is 1. The van der Waals surface area contributed by atoms with E-state index in [2.05, 4.69) is 119 Å². The second-order valence-corrected chi connectivity index (χ2v) is 9.32. The van der Waals surface area contributed by atoms with E-state index in [9.17, 15) is 0 Å². The van der Waals surface area contributed by atoms with Crippen LogP contribution in [0.4, 0.5) is 5.69 Å². The van der Waals surface area contributed by atoms with Crippen molar-refractivity contribution in [1.29, 1.82) is 5.41 Å². The smallest absolute Gasteiger partial charge is 0.0443 e. The van der Waals surface area contributed by atoms with E-state index in [1.165, 1.54) is 27.8 Å². The van der Waals surface area contributed by atoms with Crippen molar-refractivity contribution in [3.8, 4) is 0 Å². The summed E-state index contributed by atoms with van der Waals surface area (Å²) in [6, 6.07) is 25.9. The van der Waals surface area contributed by atoms with E-state index in [-0.39, 0.29) is 11.3 Å². The Hall–Kier alpha value is -3.13. The summed E-state index contributed by atoms with van der Waals surface area (Å²) in [7, 11) is 4.11. The quantitative estimate of drug-likeness (QED) is 0.481. The van der Waals surface area contributed by atoms with Crippen LogP contribution >= 0.6 is 0 Å². The standard InChI is InChI=1S/C28H30N2/c1-28(2,3)27(29)25-18-21(30(4)5)15-16-23(25)26-22-14-10-9-13-20(22)17-24(26)19-11-7-6-8-12-19/h6-18,26,29H,1-5H3. The van der Waals surface area contributed by atoms with E-state index in [0.717, 1.165) is 11.3 Å². The van der Waals surface area contributed by atoms with Crippen LogP contribution in [0.1, 0.15) is 54.5 Å². The molecule has 2 heteroatoms. The third-order valence-electron chi connectivity index (χ3n) is 5.92. The summed E-state index contributed by atoms with van der Waals surface area (Å²) >= 11 is 0. The Kier molecular flexibility index (Phi) is 5.11. The maximum atomic E-state index is 9.04. The topological polar surface area (TPSA) is 27.1 Å². The number of anilines is 1. The molecule has 2 nitrogen and oxygen atoms in total. The van der Waals surface area contributed by atoms with Gasteiger partial charge in [0, 0.05) is 42.4 Å². The molecule has 1 atom stereocenters. The molecule has 0 amide bonds. The monoisotopic (exact) mass is 394 g/mol. The molecule has 0 aromatic heterocycles. The Morgan fingerprint density at radius 3 is 2.17 bits per heavy atom. The van der Waals surface area contributed by atoms with Crippen LogP contribution in [0.15, 0.2) is 72.8 Å². The zero-order valence-corrected chi connectivity index (χ0v) is 18.5. The summed E-state index contributed by atoms with van der Waals surface area (Å²) in [5.41, 5.74) is 8.95. The first-order chi connectivity index (χ1) is 14.3. The summed E-state index contributed by atoms with van der Waals surface area (Å²) in [5.74, 6) is 0.123. The summed E-state index contributed by atoms with van der Waals surface area (Å²) in [5, 5.41) is 9.04. The van der Waals surface area contributed by atoms with Gasteiger partial charge in [0.05, 0.1) is 0 Å².